The van der Waals surface area contributed by atoms with Gasteiger partial charge in [-0.15, -0.1) is 0 Å². The molecule has 1 fully saturated rings. The molecule has 0 amide bonds. The highest BCUT2D eigenvalue weighted by Gasteiger charge is 2.22. The van der Waals surface area contributed by atoms with Crippen LogP contribution in [0.3, 0.4) is 0 Å². The molecule has 2 atom stereocenters. The summed E-state index contributed by atoms with van der Waals surface area (Å²) in [7, 11) is 0. The van der Waals surface area contributed by atoms with E-state index >= 15 is 0 Å². The van der Waals surface area contributed by atoms with Crippen molar-refractivity contribution in [2.24, 2.45) is 5.92 Å². The van der Waals surface area contributed by atoms with Crippen LogP contribution in [-0.4, -0.2) is 19.3 Å². The molecule has 2 rings (SSSR count). The minimum absolute atomic E-state index is 0.374. The zero-order chi connectivity index (χ0) is 13.0. The first-order valence-electron chi connectivity index (χ1n) is 6.76. The van der Waals surface area contributed by atoms with E-state index in [9.17, 15) is 0 Å². The Bertz CT molecular complexity index is 377. The van der Waals surface area contributed by atoms with Crippen LogP contribution in [0.25, 0.3) is 0 Å². The molecule has 0 radical (unpaired) electrons. The third kappa shape index (κ3) is 3.56. The lowest BCUT2D eigenvalue weighted by Gasteiger charge is -2.31. The predicted molar refractivity (Wildman–Crippen MR) is 78.7 cm³/mol. The standard InChI is InChI=1S/C15H22BrNO/c1-11(13-7-9-18-10-8-13)17-12(2)14-5-3-4-6-15(14)16/h3-6,11-13,17H,7-10H2,1-2H3. The summed E-state index contributed by atoms with van der Waals surface area (Å²) >= 11 is 3.62. The molecular formula is C15H22BrNO. The van der Waals surface area contributed by atoms with Crippen molar-refractivity contribution in [2.75, 3.05) is 13.2 Å². The Labute approximate surface area is 118 Å². The van der Waals surface area contributed by atoms with Crippen LogP contribution in [-0.2, 0) is 4.74 Å². The van der Waals surface area contributed by atoms with Crippen LogP contribution >= 0.6 is 15.9 Å². The molecule has 0 aromatic heterocycles. The van der Waals surface area contributed by atoms with Gasteiger partial charge in [-0.05, 0) is 44.2 Å². The number of ether oxygens (including phenoxy) is 1. The lowest BCUT2D eigenvalue weighted by atomic mass is 9.92. The highest BCUT2D eigenvalue weighted by Crippen LogP contribution is 2.25. The maximum atomic E-state index is 5.42. The van der Waals surface area contributed by atoms with E-state index in [-0.39, 0.29) is 0 Å². The van der Waals surface area contributed by atoms with E-state index in [4.69, 9.17) is 4.74 Å². The second-order valence-corrected chi connectivity index (χ2v) is 6.00. The van der Waals surface area contributed by atoms with Crippen LogP contribution in [0, 0.1) is 5.92 Å². The van der Waals surface area contributed by atoms with E-state index in [1.807, 2.05) is 0 Å². The molecule has 2 nitrogen and oxygen atoms in total. The molecule has 0 bridgehead atoms. The molecule has 1 saturated heterocycles. The van der Waals surface area contributed by atoms with Crippen LogP contribution < -0.4 is 5.32 Å². The summed E-state index contributed by atoms with van der Waals surface area (Å²) in [5, 5.41) is 3.72. The Morgan fingerprint density at radius 3 is 2.56 bits per heavy atom. The fraction of sp³-hybridized carbons (Fsp3) is 0.600. The average Bonchev–Trinajstić information content (AvgIpc) is 2.40. The lowest BCUT2D eigenvalue weighted by molar-refractivity contribution is 0.0547. The summed E-state index contributed by atoms with van der Waals surface area (Å²) in [4.78, 5) is 0. The predicted octanol–water partition coefficient (Wildman–Crippen LogP) is 3.91. The minimum Gasteiger partial charge on any atom is -0.381 e. The molecule has 1 aliphatic heterocycles. The topological polar surface area (TPSA) is 21.3 Å². The monoisotopic (exact) mass is 311 g/mol. The van der Waals surface area contributed by atoms with E-state index in [0.717, 1.165) is 19.1 Å². The molecule has 1 heterocycles. The van der Waals surface area contributed by atoms with Crippen molar-refractivity contribution < 1.29 is 4.74 Å². The van der Waals surface area contributed by atoms with Gasteiger partial charge in [-0.3, -0.25) is 0 Å². The van der Waals surface area contributed by atoms with Gasteiger partial charge in [-0.25, -0.2) is 0 Å². The van der Waals surface area contributed by atoms with E-state index in [1.165, 1.54) is 22.9 Å². The molecule has 2 unspecified atom stereocenters. The number of rotatable bonds is 4. The van der Waals surface area contributed by atoms with Crippen LogP contribution in [0.1, 0.15) is 38.3 Å². The van der Waals surface area contributed by atoms with Gasteiger partial charge in [0.2, 0.25) is 0 Å². The molecule has 1 aromatic rings. The molecule has 3 heteroatoms. The zero-order valence-corrected chi connectivity index (χ0v) is 12.7. The number of benzene rings is 1. The quantitative estimate of drug-likeness (QED) is 0.910. The first-order valence-corrected chi connectivity index (χ1v) is 7.56. The molecule has 1 aliphatic rings. The number of nitrogens with one attached hydrogen (secondary N) is 1. The summed E-state index contributed by atoms with van der Waals surface area (Å²) < 4.78 is 6.61. The molecule has 100 valence electrons. The normalized spacial score (nSPS) is 20.6. The van der Waals surface area contributed by atoms with Gasteiger partial charge >= 0.3 is 0 Å². The fourth-order valence-corrected chi connectivity index (χ4v) is 3.29. The van der Waals surface area contributed by atoms with Crippen molar-refractivity contribution in [1.82, 2.24) is 5.32 Å². The highest BCUT2D eigenvalue weighted by molar-refractivity contribution is 9.10. The summed E-state index contributed by atoms with van der Waals surface area (Å²) in [6, 6.07) is 9.35. The fourth-order valence-electron chi connectivity index (χ4n) is 2.66. The second kappa shape index (κ2) is 6.69. The largest absolute Gasteiger partial charge is 0.381 e. The van der Waals surface area contributed by atoms with Crippen molar-refractivity contribution in [1.29, 1.82) is 0 Å². The van der Waals surface area contributed by atoms with Gasteiger partial charge in [-0.1, -0.05) is 34.1 Å². The Morgan fingerprint density at radius 2 is 1.89 bits per heavy atom. The van der Waals surface area contributed by atoms with Gasteiger partial charge in [0.25, 0.3) is 0 Å². The highest BCUT2D eigenvalue weighted by atomic mass is 79.9. The van der Waals surface area contributed by atoms with Gasteiger partial charge in [0.05, 0.1) is 0 Å². The summed E-state index contributed by atoms with van der Waals surface area (Å²) in [6.45, 7) is 6.36. The molecule has 0 saturated carbocycles. The molecule has 1 aromatic carbocycles. The van der Waals surface area contributed by atoms with Crippen LogP contribution in [0.15, 0.2) is 28.7 Å². The van der Waals surface area contributed by atoms with Gasteiger partial charge in [0, 0.05) is 29.8 Å². The third-order valence-electron chi connectivity index (χ3n) is 3.86. The SMILES string of the molecule is CC(NC(C)C1CCOCC1)c1ccccc1Br. The number of hydrogen-bond donors (Lipinski definition) is 1. The molecule has 1 N–H and O–H groups in total. The molecular weight excluding hydrogens is 290 g/mol. The van der Waals surface area contributed by atoms with Crippen LogP contribution in [0.2, 0.25) is 0 Å². The van der Waals surface area contributed by atoms with E-state index in [0.29, 0.717) is 12.1 Å². The van der Waals surface area contributed by atoms with Crippen molar-refractivity contribution in [3.8, 4) is 0 Å². The van der Waals surface area contributed by atoms with Crippen molar-refractivity contribution in [2.45, 2.75) is 38.8 Å². The van der Waals surface area contributed by atoms with Crippen molar-refractivity contribution in [3.05, 3.63) is 34.3 Å². The maximum absolute atomic E-state index is 5.42. The van der Waals surface area contributed by atoms with Crippen molar-refractivity contribution >= 4 is 15.9 Å². The Balaban J connectivity index is 1.94. The van der Waals surface area contributed by atoms with Gasteiger partial charge in [0.1, 0.15) is 0 Å². The van der Waals surface area contributed by atoms with Crippen LogP contribution in [0.5, 0.6) is 0 Å². The first-order chi connectivity index (χ1) is 8.68. The third-order valence-corrected chi connectivity index (χ3v) is 4.58. The minimum atomic E-state index is 0.374. The summed E-state index contributed by atoms with van der Waals surface area (Å²) in [5.74, 6) is 0.740. The van der Waals surface area contributed by atoms with Gasteiger partial charge in [-0.2, -0.15) is 0 Å². The zero-order valence-electron chi connectivity index (χ0n) is 11.2. The smallest absolute Gasteiger partial charge is 0.0469 e. The average molecular weight is 312 g/mol. The summed E-state index contributed by atoms with van der Waals surface area (Å²) in [6.07, 6.45) is 2.35. The second-order valence-electron chi connectivity index (χ2n) is 5.15. The van der Waals surface area contributed by atoms with E-state index < -0.39 is 0 Å². The van der Waals surface area contributed by atoms with Gasteiger partial charge in [0.15, 0.2) is 0 Å². The van der Waals surface area contributed by atoms with E-state index in [2.05, 4.69) is 59.4 Å². The molecule has 18 heavy (non-hydrogen) atoms. The van der Waals surface area contributed by atoms with Crippen LogP contribution in [0.4, 0.5) is 0 Å². The Kier molecular flexibility index (Phi) is 5.22. The molecule has 0 spiro atoms. The first kappa shape index (κ1) is 14.0. The summed E-state index contributed by atoms with van der Waals surface area (Å²) in [5.41, 5.74) is 1.33. The van der Waals surface area contributed by atoms with E-state index in [1.54, 1.807) is 0 Å². The van der Waals surface area contributed by atoms with Gasteiger partial charge < -0.3 is 10.1 Å². The number of halogens is 1. The lowest BCUT2D eigenvalue weighted by Crippen LogP contribution is -2.38. The Hall–Kier alpha value is -0.380. The maximum Gasteiger partial charge on any atom is 0.0469 e. The molecule has 0 aliphatic carbocycles. The van der Waals surface area contributed by atoms with Crippen molar-refractivity contribution in [3.63, 3.8) is 0 Å². The number of hydrogen-bond acceptors (Lipinski definition) is 2. The Morgan fingerprint density at radius 1 is 1.22 bits per heavy atom.